The third kappa shape index (κ3) is 7.21. The molecule has 0 aliphatic rings. The standard InChI is InChI=1S/C12H21N2O2/c1-4-14-9-11(8-13)12(15)16-7-5-6-10(2)3/h10,14H,4-7,9H2,1-3H3/q-1/p+1. The molecular weight excluding hydrogens is 204 g/mol. The van der Waals surface area contributed by atoms with Crippen LogP contribution in [0.3, 0.4) is 0 Å². The molecule has 4 heteroatoms. The Labute approximate surface area is 97.6 Å². The molecule has 0 aromatic heterocycles. The number of esters is 1. The molecule has 0 spiro atoms. The van der Waals surface area contributed by atoms with Gasteiger partial charge in [-0.3, -0.25) is 5.87 Å². The fourth-order valence-electron chi connectivity index (χ4n) is 1.21. The van der Waals surface area contributed by atoms with Crippen LogP contribution in [0, 0.1) is 5.92 Å². The quantitative estimate of drug-likeness (QED) is 0.287. The van der Waals surface area contributed by atoms with E-state index in [2.05, 4.69) is 13.8 Å². The molecule has 0 aliphatic carbocycles. The Morgan fingerprint density at radius 2 is 2.19 bits per heavy atom. The van der Waals surface area contributed by atoms with E-state index >= 15 is 0 Å². The maximum atomic E-state index is 11.4. The Kier molecular flexibility index (Phi) is 8.49. The number of carbonyl (C=O) groups excluding carboxylic acids is 1. The van der Waals surface area contributed by atoms with Gasteiger partial charge in [-0.05, 0) is 25.7 Å². The highest BCUT2D eigenvalue weighted by Crippen LogP contribution is 2.03. The van der Waals surface area contributed by atoms with Gasteiger partial charge in [-0.15, -0.1) is 0 Å². The first-order valence-electron chi connectivity index (χ1n) is 5.86. The van der Waals surface area contributed by atoms with Crippen LogP contribution in [0.25, 0.3) is 5.41 Å². The first-order chi connectivity index (χ1) is 7.61. The molecule has 0 atom stereocenters. The molecular formula is C12H22N2O2. The number of rotatable bonds is 8. The Bertz CT molecular complexity index is 256. The summed E-state index contributed by atoms with van der Waals surface area (Å²) in [5.74, 6) is 2.05. The Hall–Kier alpha value is -1.12. The zero-order valence-electron chi connectivity index (χ0n) is 10.5. The summed E-state index contributed by atoms with van der Waals surface area (Å²) in [7, 11) is 0. The summed E-state index contributed by atoms with van der Waals surface area (Å²) >= 11 is 0. The molecule has 0 unspecified atom stereocenters. The van der Waals surface area contributed by atoms with Crippen LogP contribution in [-0.4, -0.2) is 31.5 Å². The summed E-state index contributed by atoms with van der Waals surface area (Å²) in [4.78, 5) is 11.4. The molecule has 0 aromatic rings. The van der Waals surface area contributed by atoms with Crippen molar-refractivity contribution >= 4 is 11.8 Å². The molecule has 0 fully saturated rings. The van der Waals surface area contributed by atoms with Crippen molar-refractivity contribution in [1.82, 2.24) is 0 Å². The van der Waals surface area contributed by atoms with Crippen LogP contribution in [0.4, 0.5) is 0 Å². The lowest BCUT2D eigenvalue weighted by Gasteiger charge is -2.07. The van der Waals surface area contributed by atoms with Gasteiger partial charge < -0.3 is 15.5 Å². The second-order valence-electron chi connectivity index (χ2n) is 4.16. The van der Waals surface area contributed by atoms with Crippen LogP contribution in [0.2, 0.25) is 0 Å². The van der Waals surface area contributed by atoms with Crippen LogP contribution in [0.15, 0.2) is 5.57 Å². The highest BCUT2D eigenvalue weighted by molar-refractivity contribution is 5.98. The number of nitrogens with two attached hydrogens (primary N) is 1. The van der Waals surface area contributed by atoms with E-state index in [4.69, 9.17) is 10.1 Å². The van der Waals surface area contributed by atoms with E-state index in [1.165, 1.54) is 0 Å². The molecule has 0 heterocycles. The molecule has 0 rings (SSSR count). The number of ether oxygens (including phenoxy) is 1. The largest absolute Gasteiger partial charge is 0.763 e. The number of hydrogen-bond acceptors (Lipinski definition) is 2. The SMILES string of the molecule is CC[NH2+]CC(=C=[N-])C(=O)OCCCC(C)C. The fraction of sp³-hybridized carbons (Fsp3) is 0.750. The summed E-state index contributed by atoms with van der Waals surface area (Å²) in [6.45, 7) is 7.91. The van der Waals surface area contributed by atoms with E-state index in [-0.39, 0.29) is 5.57 Å². The van der Waals surface area contributed by atoms with Crippen molar-refractivity contribution in [3.63, 3.8) is 0 Å². The normalized spacial score (nSPS) is 10.0. The lowest BCUT2D eigenvalue weighted by molar-refractivity contribution is -0.643. The molecule has 0 aromatic carbocycles. The van der Waals surface area contributed by atoms with E-state index < -0.39 is 5.97 Å². The third-order valence-electron chi connectivity index (χ3n) is 2.18. The van der Waals surface area contributed by atoms with Crippen molar-refractivity contribution in [3.05, 3.63) is 11.0 Å². The second kappa shape index (κ2) is 9.13. The Morgan fingerprint density at radius 3 is 2.69 bits per heavy atom. The van der Waals surface area contributed by atoms with Gasteiger partial charge in [-0.25, -0.2) is 4.79 Å². The predicted molar refractivity (Wildman–Crippen MR) is 64.2 cm³/mol. The smallest absolute Gasteiger partial charge is 0.345 e. The minimum Gasteiger partial charge on any atom is -0.763 e. The molecule has 16 heavy (non-hydrogen) atoms. The monoisotopic (exact) mass is 226 g/mol. The number of quaternary nitrogens is 1. The third-order valence-corrected chi connectivity index (χ3v) is 2.18. The molecule has 0 aliphatic heterocycles. The van der Waals surface area contributed by atoms with E-state index in [0.29, 0.717) is 19.1 Å². The van der Waals surface area contributed by atoms with Crippen LogP contribution >= 0.6 is 0 Å². The van der Waals surface area contributed by atoms with Gasteiger partial charge in [-0.2, -0.15) is 0 Å². The van der Waals surface area contributed by atoms with Gasteiger partial charge in [0.05, 0.1) is 13.2 Å². The van der Waals surface area contributed by atoms with Gasteiger partial charge in [0.2, 0.25) is 0 Å². The molecule has 2 N–H and O–H groups in total. The zero-order chi connectivity index (χ0) is 12.4. The lowest BCUT2D eigenvalue weighted by atomic mass is 10.1. The van der Waals surface area contributed by atoms with E-state index in [9.17, 15) is 4.79 Å². The number of likely N-dealkylation sites (N-methyl/N-ethyl adjacent to an activating group) is 1. The van der Waals surface area contributed by atoms with Crippen molar-refractivity contribution in [2.24, 2.45) is 5.92 Å². The van der Waals surface area contributed by atoms with Crippen molar-refractivity contribution in [2.75, 3.05) is 19.7 Å². The van der Waals surface area contributed by atoms with Gasteiger partial charge in [0.15, 0.2) is 0 Å². The first-order valence-corrected chi connectivity index (χ1v) is 5.86. The number of nitrogens with zero attached hydrogens (tertiary/aromatic N) is 1. The topological polar surface area (TPSA) is 65.2 Å². The molecule has 0 amide bonds. The van der Waals surface area contributed by atoms with Crippen molar-refractivity contribution in [3.8, 4) is 0 Å². The summed E-state index contributed by atoms with van der Waals surface area (Å²) in [6.07, 6.45) is 1.90. The summed E-state index contributed by atoms with van der Waals surface area (Å²) < 4.78 is 5.02. The van der Waals surface area contributed by atoms with Crippen LogP contribution in [-0.2, 0) is 9.53 Å². The molecule has 0 saturated heterocycles. The maximum Gasteiger partial charge on any atom is 0.345 e. The number of carbonyl (C=O) groups is 1. The summed E-state index contributed by atoms with van der Waals surface area (Å²) in [6, 6.07) is 0. The van der Waals surface area contributed by atoms with E-state index in [0.717, 1.165) is 19.4 Å². The lowest BCUT2D eigenvalue weighted by Crippen LogP contribution is -2.84. The Morgan fingerprint density at radius 1 is 1.50 bits per heavy atom. The van der Waals surface area contributed by atoms with Crippen molar-refractivity contribution in [1.29, 1.82) is 0 Å². The minimum atomic E-state index is -0.462. The minimum absolute atomic E-state index is 0.200. The highest BCUT2D eigenvalue weighted by Gasteiger charge is 2.10. The van der Waals surface area contributed by atoms with Gasteiger partial charge >= 0.3 is 5.97 Å². The van der Waals surface area contributed by atoms with E-state index in [1.807, 2.05) is 18.1 Å². The van der Waals surface area contributed by atoms with Crippen LogP contribution < -0.4 is 5.32 Å². The summed E-state index contributed by atoms with van der Waals surface area (Å²) in [5.41, 5.74) is 0.200. The van der Waals surface area contributed by atoms with Crippen molar-refractivity contribution in [2.45, 2.75) is 33.6 Å². The van der Waals surface area contributed by atoms with Crippen LogP contribution in [0.1, 0.15) is 33.6 Å². The van der Waals surface area contributed by atoms with Gasteiger partial charge in [-0.1, -0.05) is 13.8 Å². The molecule has 0 radical (unpaired) electrons. The number of hydrogen-bond donors (Lipinski definition) is 1. The van der Waals surface area contributed by atoms with Gasteiger partial charge in [0.25, 0.3) is 0 Å². The van der Waals surface area contributed by atoms with E-state index in [1.54, 1.807) is 0 Å². The predicted octanol–water partition coefficient (Wildman–Crippen LogP) is 0.715. The fourth-order valence-corrected chi connectivity index (χ4v) is 1.21. The summed E-state index contributed by atoms with van der Waals surface area (Å²) in [5, 5.41) is 10.7. The average molecular weight is 226 g/mol. The molecule has 0 bridgehead atoms. The molecule has 0 saturated carbocycles. The zero-order valence-corrected chi connectivity index (χ0v) is 10.5. The van der Waals surface area contributed by atoms with Gasteiger partial charge in [0, 0.05) is 0 Å². The van der Waals surface area contributed by atoms with Crippen LogP contribution in [0.5, 0.6) is 0 Å². The molecule has 4 nitrogen and oxygen atoms in total. The van der Waals surface area contributed by atoms with Gasteiger partial charge in [0.1, 0.15) is 12.1 Å². The highest BCUT2D eigenvalue weighted by atomic mass is 16.5. The second-order valence-corrected chi connectivity index (χ2v) is 4.16. The maximum absolute atomic E-state index is 11.4. The first kappa shape index (κ1) is 14.9. The molecule has 92 valence electrons. The Balaban J connectivity index is 3.81. The average Bonchev–Trinajstić information content (AvgIpc) is 2.25. The van der Waals surface area contributed by atoms with Crippen molar-refractivity contribution < 1.29 is 14.8 Å².